The number of piperidine rings is 1. The molecule has 2 amide bonds. The Kier molecular flexibility index (Phi) is 7.17. The van der Waals surface area contributed by atoms with Gasteiger partial charge in [0.15, 0.2) is 0 Å². The zero-order valence-electron chi connectivity index (χ0n) is 16.5. The summed E-state index contributed by atoms with van der Waals surface area (Å²) < 4.78 is 1.87. The lowest BCUT2D eigenvalue weighted by molar-refractivity contribution is -0.133. The fourth-order valence-corrected chi connectivity index (χ4v) is 3.59. The van der Waals surface area contributed by atoms with E-state index < -0.39 is 0 Å². The molecule has 7 nitrogen and oxygen atoms in total. The van der Waals surface area contributed by atoms with E-state index in [4.69, 9.17) is 0 Å². The van der Waals surface area contributed by atoms with Gasteiger partial charge in [0.05, 0.1) is 0 Å². The Morgan fingerprint density at radius 2 is 2.00 bits per heavy atom. The lowest BCUT2D eigenvalue weighted by Gasteiger charge is -2.32. The summed E-state index contributed by atoms with van der Waals surface area (Å²) in [5.74, 6) is 0.793. The molecule has 1 fully saturated rings. The van der Waals surface area contributed by atoms with E-state index in [9.17, 15) is 9.59 Å². The predicted octanol–water partition coefficient (Wildman–Crippen LogP) is 2.31. The first-order chi connectivity index (χ1) is 13.6. The Hall–Kier alpha value is -2.70. The molecule has 0 saturated carbocycles. The smallest absolute Gasteiger partial charge is 0.224 e. The highest BCUT2D eigenvalue weighted by Gasteiger charge is 2.23. The van der Waals surface area contributed by atoms with Crippen molar-refractivity contribution in [3.8, 4) is 0 Å². The maximum atomic E-state index is 12.4. The number of hydrogen-bond donors (Lipinski definition) is 1. The van der Waals surface area contributed by atoms with Gasteiger partial charge in [0.2, 0.25) is 11.8 Å². The maximum absolute atomic E-state index is 12.4. The molecule has 2 aromatic heterocycles. The van der Waals surface area contributed by atoms with Crippen molar-refractivity contribution in [3.63, 3.8) is 0 Å². The van der Waals surface area contributed by atoms with E-state index in [0.717, 1.165) is 43.6 Å². The number of nitrogens with one attached hydrogen (secondary N) is 1. The first-order valence-corrected chi connectivity index (χ1v) is 10.0. The number of pyridine rings is 1. The molecular weight excluding hydrogens is 354 g/mol. The monoisotopic (exact) mass is 383 g/mol. The lowest BCUT2D eigenvalue weighted by atomic mass is 9.92. The van der Waals surface area contributed by atoms with Crippen LogP contribution in [-0.4, -0.2) is 44.6 Å². The van der Waals surface area contributed by atoms with Crippen LogP contribution in [0.25, 0.3) is 0 Å². The van der Waals surface area contributed by atoms with Gasteiger partial charge in [-0.15, -0.1) is 0 Å². The second-order valence-corrected chi connectivity index (χ2v) is 7.45. The van der Waals surface area contributed by atoms with E-state index in [-0.39, 0.29) is 11.8 Å². The second kappa shape index (κ2) is 10.0. The molecule has 1 aliphatic heterocycles. The van der Waals surface area contributed by atoms with Crippen LogP contribution in [0.2, 0.25) is 0 Å². The van der Waals surface area contributed by atoms with Crippen LogP contribution in [-0.2, 0) is 22.7 Å². The average Bonchev–Trinajstić information content (AvgIpc) is 3.15. The summed E-state index contributed by atoms with van der Waals surface area (Å²) in [6.07, 6.45) is 9.11. The van der Waals surface area contributed by atoms with Gasteiger partial charge in [-0.3, -0.25) is 19.3 Å². The Morgan fingerprint density at radius 3 is 2.68 bits per heavy atom. The van der Waals surface area contributed by atoms with E-state index in [1.54, 1.807) is 18.6 Å². The predicted molar refractivity (Wildman–Crippen MR) is 106 cm³/mol. The van der Waals surface area contributed by atoms with Gasteiger partial charge in [-0.05, 0) is 49.8 Å². The molecule has 0 aliphatic carbocycles. The fraction of sp³-hybridized carbons (Fsp3) is 0.524. The SMILES string of the molecule is Cc1ccnn1CCC(=O)N1CCC(CCC(=O)NCc2cccnc2)CC1. The second-order valence-electron chi connectivity index (χ2n) is 7.45. The summed E-state index contributed by atoms with van der Waals surface area (Å²) >= 11 is 0. The van der Waals surface area contributed by atoms with E-state index >= 15 is 0 Å². The van der Waals surface area contributed by atoms with Crippen LogP contribution >= 0.6 is 0 Å². The van der Waals surface area contributed by atoms with Crippen LogP contribution in [0.5, 0.6) is 0 Å². The normalized spacial score (nSPS) is 14.8. The van der Waals surface area contributed by atoms with Gasteiger partial charge in [-0.25, -0.2) is 0 Å². The van der Waals surface area contributed by atoms with E-state index in [2.05, 4.69) is 15.4 Å². The molecule has 3 heterocycles. The molecule has 0 radical (unpaired) electrons. The molecule has 0 atom stereocenters. The molecule has 1 aliphatic rings. The Bertz CT molecular complexity index is 766. The highest BCUT2D eigenvalue weighted by atomic mass is 16.2. The van der Waals surface area contributed by atoms with Crippen molar-refractivity contribution < 1.29 is 9.59 Å². The topological polar surface area (TPSA) is 80.1 Å². The molecule has 0 spiro atoms. The average molecular weight is 383 g/mol. The minimum atomic E-state index is 0.0805. The third kappa shape index (κ3) is 5.90. The van der Waals surface area contributed by atoms with Crippen molar-refractivity contribution in [2.24, 2.45) is 5.92 Å². The van der Waals surface area contributed by atoms with Gasteiger partial charge in [-0.2, -0.15) is 5.10 Å². The van der Waals surface area contributed by atoms with Crippen molar-refractivity contribution in [2.75, 3.05) is 13.1 Å². The first kappa shape index (κ1) is 20.0. The van der Waals surface area contributed by atoms with Crippen molar-refractivity contribution >= 4 is 11.8 Å². The zero-order chi connectivity index (χ0) is 19.8. The lowest BCUT2D eigenvalue weighted by Crippen LogP contribution is -2.39. The van der Waals surface area contributed by atoms with Gasteiger partial charge in [0, 0.05) is 63.3 Å². The van der Waals surface area contributed by atoms with Crippen LogP contribution in [0.4, 0.5) is 0 Å². The molecule has 2 aromatic rings. The fourth-order valence-electron chi connectivity index (χ4n) is 3.59. The minimum absolute atomic E-state index is 0.0805. The number of hydrogen-bond acceptors (Lipinski definition) is 4. The van der Waals surface area contributed by atoms with Crippen molar-refractivity contribution in [2.45, 2.75) is 52.1 Å². The minimum Gasteiger partial charge on any atom is -0.352 e. The molecule has 150 valence electrons. The highest BCUT2D eigenvalue weighted by Crippen LogP contribution is 2.22. The Balaban J connectivity index is 1.31. The number of amides is 2. The molecule has 28 heavy (non-hydrogen) atoms. The standard InChI is InChI=1S/C21H29N5O2/c1-17-6-11-24-26(17)14-9-21(28)25-12-7-18(8-13-25)4-5-20(27)23-16-19-3-2-10-22-15-19/h2-3,6,10-11,15,18H,4-5,7-9,12-14,16H2,1H3,(H,23,27). The van der Waals surface area contributed by atoms with Crippen LogP contribution in [0.1, 0.15) is 43.4 Å². The third-order valence-electron chi connectivity index (χ3n) is 5.43. The van der Waals surface area contributed by atoms with Crippen LogP contribution < -0.4 is 5.32 Å². The number of nitrogens with zero attached hydrogens (tertiary/aromatic N) is 4. The molecular formula is C21H29N5O2. The van der Waals surface area contributed by atoms with Crippen LogP contribution in [0.3, 0.4) is 0 Å². The Morgan fingerprint density at radius 1 is 1.18 bits per heavy atom. The Labute approximate surface area is 166 Å². The number of likely N-dealkylation sites (tertiary alicyclic amines) is 1. The van der Waals surface area contributed by atoms with E-state index in [0.29, 0.717) is 31.8 Å². The summed E-state index contributed by atoms with van der Waals surface area (Å²) in [4.78, 5) is 30.5. The first-order valence-electron chi connectivity index (χ1n) is 10.0. The van der Waals surface area contributed by atoms with Crippen molar-refractivity contribution in [1.29, 1.82) is 0 Å². The highest BCUT2D eigenvalue weighted by molar-refractivity contribution is 5.76. The van der Waals surface area contributed by atoms with Gasteiger partial charge in [-0.1, -0.05) is 6.07 Å². The molecule has 0 unspecified atom stereocenters. The molecule has 7 heteroatoms. The number of aryl methyl sites for hydroxylation is 2. The van der Waals surface area contributed by atoms with Gasteiger partial charge in [0.1, 0.15) is 0 Å². The van der Waals surface area contributed by atoms with Crippen LogP contribution in [0.15, 0.2) is 36.8 Å². The van der Waals surface area contributed by atoms with Crippen molar-refractivity contribution in [1.82, 2.24) is 25.0 Å². The molecule has 0 aromatic carbocycles. The molecule has 3 rings (SSSR count). The maximum Gasteiger partial charge on any atom is 0.224 e. The van der Waals surface area contributed by atoms with Crippen LogP contribution in [0, 0.1) is 12.8 Å². The molecule has 1 saturated heterocycles. The summed E-state index contributed by atoms with van der Waals surface area (Å²) in [7, 11) is 0. The van der Waals surface area contributed by atoms with E-state index in [1.807, 2.05) is 34.7 Å². The quantitative estimate of drug-likeness (QED) is 0.759. The summed E-state index contributed by atoms with van der Waals surface area (Å²) in [6, 6.07) is 5.77. The number of carbonyl (C=O) groups excluding carboxylic acids is 2. The summed E-state index contributed by atoms with van der Waals surface area (Å²) in [5, 5.41) is 7.17. The van der Waals surface area contributed by atoms with Crippen molar-refractivity contribution in [3.05, 3.63) is 48.0 Å². The number of aromatic nitrogens is 3. The summed E-state index contributed by atoms with van der Waals surface area (Å²) in [6.45, 7) is 4.73. The van der Waals surface area contributed by atoms with Gasteiger partial charge >= 0.3 is 0 Å². The third-order valence-corrected chi connectivity index (χ3v) is 5.43. The molecule has 0 bridgehead atoms. The number of carbonyl (C=O) groups is 2. The van der Waals surface area contributed by atoms with E-state index in [1.165, 1.54) is 0 Å². The zero-order valence-corrected chi connectivity index (χ0v) is 16.5. The number of rotatable bonds is 8. The van der Waals surface area contributed by atoms with Gasteiger partial charge < -0.3 is 10.2 Å². The summed E-state index contributed by atoms with van der Waals surface area (Å²) in [5.41, 5.74) is 2.08. The van der Waals surface area contributed by atoms with Gasteiger partial charge in [0.25, 0.3) is 0 Å². The largest absolute Gasteiger partial charge is 0.352 e. The molecule has 1 N–H and O–H groups in total.